The number of anilines is 1. The minimum atomic E-state index is -0.0497. The van der Waals surface area contributed by atoms with Gasteiger partial charge in [-0.2, -0.15) is 0 Å². The van der Waals surface area contributed by atoms with Gasteiger partial charge >= 0.3 is 0 Å². The van der Waals surface area contributed by atoms with Gasteiger partial charge in [-0.25, -0.2) is 0 Å². The molecule has 1 aliphatic heterocycles. The molecule has 2 amide bonds. The Morgan fingerprint density at radius 1 is 1.30 bits per heavy atom. The Kier molecular flexibility index (Phi) is 6.55. The number of nitrogens with one attached hydrogen (secondary N) is 3. The van der Waals surface area contributed by atoms with E-state index < -0.39 is 0 Å². The molecular weight excluding hydrogens is 294 g/mol. The van der Waals surface area contributed by atoms with Crippen molar-refractivity contribution in [1.29, 1.82) is 0 Å². The van der Waals surface area contributed by atoms with Gasteiger partial charge in [-0.05, 0) is 17.7 Å². The molecule has 1 aliphatic rings. The molecule has 6 heteroatoms. The van der Waals surface area contributed by atoms with Crippen LogP contribution in [0.4, 0.5) is 5.69 Å². The van der Waals surface area contributed by atoms with E-state index >= 15 is 0 Å². The van der Waals surface area contributed by atoms with Gasteiger partial charge in [0.15, 0.2) is 0 Å². The summed E-state index contributed by atoms with van der Waals surface area (Å²) in [7, 11) is 0. The van der Waals surface area contributed by atoms with Gasteiger partial charge in [0.05, 0.1) is 13.2 Å². The lowest BCUT2D eigenvalue weighted by atomic mass is 10.1. The number of morpholine rings is 1. The SMILES string of the molecule is CC(C)C(=O)Nc1ccc(CNC(=O)CC2COCCN2)cc1. The van der Waals surface area contributed by atoms with Gasteiger partial charge in [0.25, 0.3) is 0 Å². The van der Waals surface area contributed by atoms with E-state index in [-0.39, 0.29) is 23.8 Å². The van der Waals surface area contributed by atoms with Crippen LogP contribution in [0.25, 0.3) is 0 Å². The van der Waals surface area contributed by atoms with Gasteiger partial charge < -0.3 is 20.7 Å². The minimum absolute atomic E-state index is 0.00480. The average Bonchev–Trinajstić information content (AvgIpc) is 2.55. The van der Waals surface area contributed by atoms with Crippen LogP contribution in [-0.4, -0.2) is 37.6 Å². The molecule has 1 saturated heterocycles. The largest absolute Gasteiger partial charge is 0.378 e. The van der Waals surface area contributed by atoms with Crippen molar-refractivity contribution in [3.63, 3.8) is 0 Å². The van der Waals surface area contributed by atoms with Crippen LogP contribution in [0.3, 0.4) is 0 Å². The zero-order valence-electron chi connectivity index (χ0n) is 13.7. The van der Waals surface area contributed by atoms with Crippen LogP contribution in [0.2, 0.25) is 0 Å². The maximum absolute atomic E-state index is 11.9. The highest BCUT2D eigenvalue weighted by molar-refractivity contribution is 5.92. The van der Waals surface area contributed by atoms with Gasteiger partial charge in [-0.3, -0.25) is 9.59 Å². The van der Waals surface area contributed by atoms with Crippen molar-refractivity contribution in [3.05, 3.63) is 29.8 Å². The molecule has 1 aromatic rings. The van der Waals surface area contributed by atoms with Crippen LogP contribution < -0.4 is 16.0 Å². The first-order valence-electron chi connectivity index (χ1n) is 8.02. The summed E-state index contributed by atoms with van der Waals surface area (Å²) in [6.45, 7) is 6.26. The highest BCUT2D eigenvalue weighted by Crippen LogP contribution is 2.11. The predicted molar refractivity (Wildman–Crippen MR) is 89.0 cm³/mol. The highest BCUT2D eigenvalue weighted by atomic mass is 16.5. The summed E-state index contributed by atoms with van der Waals surface area (Å²) in [6.07, 6.45) is 0.419. The molecule has 0 spiro atoms. The van der Waals surface area contributed by atoms with E-state index in [1.165, 1.54) is 0 Å². The van der Waals surface area contributed by atoms with E-state index in [9.17, 15) is 9.59 Å². The van der Waals surface area contributed by atoms with E-state index in [0.717, 1.165) is 17.8 Å². The molecule has 1 heterocycles. The molecule has 2 rings (SSSR count). The molecule has 126 valence electrons. The Balaban J connectivity index is 1.74. The van der Waals surface area contributed by atoms with Crippen molar-refractivity contribution in [1.82, 2.24) is 10.6 Å². The summed E-state index contributed by atoms with van der Waals surface area (Å²) in [5.41, 5.74) is 1.76. The molecule has 23 heavy (non-hydrogen) atoms. The fourth-order valence-corrected chi connectivity index (χ4v) is 2.24. The third kappa shape index (κ3) is 6.00. The maximum atomic E-state index is 11.9. The van der Waals surface area contributed by atoms with Crippen LogP contribution in [-0.2, 0) is 20.9 Å². The van der Waals surface area contributed by atoms with Gasteiger partial charge in [0, 0.05) is 37.2 Å². The number of hydrogen-bond donors (Lipinski definition) is 3. The van der Waals surface area contributed by atoms with E-state index in [2.05, 4.69) is 16.0 Å². The molecule has 0 bridgehead atoms. The molecule has 0 aliphatic carbocycles. The van der Waals surface area contributed by atoms with Crippen molar-refractivity contribution < 1.29 is 14.3 Å². The van der Waals surface area contributed by atoms with Gasteiger partial charge in [-0.1, -0.05) is 26.0 Å². The van der Waals surface area contributed by atoms with E-state index in [4.69, 9.17) is 4.74 Å². The van der Waals surface area contributed by atoms with Gasteiger partial charge in [-0.15, -0.1) is 0 Å². The number of rotatable bonds is 6. The van der Waals surface area contributed by atoms with Crippen LogP contribution in [0.15, 0.2) is 24.3 Å². The molecular formula is C17H25N3O3. The van der Waals surface area contributed by atoms with Crippen molar-refractivity contribution in [2.75, 3.05) is 25.1 Å². The Labute approximate surface area is 137 Å². The second kappa shape index (κ2) is 8.64. The molecule has 6 nitrogen and oxygen atoms in total. The first-order chi connectivity index (χ1) is 11.0. The molecule has 0 radical (unpaired) electrons. The number of benzene rings is 1. The van der Waals surface area contributed by atoms with Crippen molar-refractivity contribution in [2.24, 2.45) is 5.92 Å². The Morgan fingerprint density at radius 3 is 2.65 bits per heavy atom. The third-order valence-electron chi connectivity index (χ3n) is 3.67. The normalized spacial score (nSPS) is 17.8. The van der Waals surface area contributed by atoms with E-state index in [0.29, 0.717) is 26.2 Å². The van der Waals surface area contributed by atoms with Gasteiger partial charge in [0.2, 0.25) is 11.8 Å². The zero-order valence-corrected chi connectivity index (χ0v) is 13.7. The first-order valence-corrected chi connectivity index (χ1v) is 8.02. The van der Waals surface area contributed by atoms with Crippen LogP contribution in [0.1, 0.15) is 25.8 Å². The first kappa shape index (κ1) is 17.4. The molecule has 0 saturated carbocycles. The summed E-state index contributed by atoms with van der Waals surface area (Å²) < 4.78 is 5.33. The Hall–Kier alpha value is -1.92. The lowest BCUT2D eigenvalue weighted by molar-refractivity contribution is -0.122. The highest BCUT2D eigenvalue weighted by Gasteiger charge is 2.16. The number of amides is 2. The average molecular weight is 319 g/mol. The number of hydrogen-bond acceptors (Lipinski definition) is 4. The monoisotopic (exact) mass is 319 g/mol. The smallest absolute Gasteiger partial charge is 0.226 e. The second-order valence-corrected chi connectivity index (χ2v) is 6.05. The lowest BCUT2D eigenvalue weighted by Crippen LogP contribution is -2.44. The summed E-state index contributed by atoms with van der Waals surface area (Å²) in [5.74, 6) is -0.0511. The van der Waals surface area contributed by atoms with E-state index in [1.54, 1.807) is 0 Å². The Bertz CT molecular complexity index is 522. The minimum Gasteiger partial charge on any atom is -0.378 e. The number of carbonyl (C=O) groups excluding carboxylic acids is 2. The number of ether oxygens (including phenoxy) is 1. The Morgan fingerprint density at radius 2 is 2.04 bits per heavy atom. The van der Waals surface area contributed by atoms with Crippen molar-refractivity contribution >= 4 is 17.5 Å². The van der Waals surface area contributed by atoms with Crippen LogP contribution in [0.5, 0.6) is 0 Å². The maximum Gasteiger partial charge on any atom is 0.226 e. The fraction of sp³-hybridized carbons (Fsp3) is 0.529. The van der Waals surface area contributed by atoms with Gasteiger partial charge in [0.1, 0.15) is 0 Å². The summed E-state index contributed by atoms with van der Waals surface area (Å²) >= 11 is 0. The fourth-order valence-electron chi connectivity index (χ4n) is 2.24. The molecule has 1 fully saturated rings. The standard InChI is InChI=1S/C17H25N3O3/c1-12(2)17(22)20-14-5-3-13(4-6-14)10-19-16(21)9-15-11-23-8-7-18-15/h3-6,12,15,18H,7-11H2,1-2H3,(H,19,21)(H,20,22). The lowest BCUT2D eigenvalue weighted by Gasteiger charge is -2.23. The molecule has 1 atom stereocenters. The third-order valence-corrected chi connectivity index (χ3v) is 3.67. The van der Waals surface area contributed by atoms with Crippen molar-refractivity contribution in [3.8, 4) is 0 Å². The van der Waals surface area contributed by atoms with Crippen LogP contribution in [0, 0.1) is 5.92 Å². The second-order valence-electron chi connectivity index (χ2n) is 6.05. The summed E-state index contributed by atoms with van der Waals surface area (Å²) in [5, 5.41) is 9.00. The topological polar surface area (TPSA) is 79.5 Å². The predicted octanol–water partition coefficient (Wildman–Crippen LogP) is 1.28. The summed E-state index contributed by atoms with van der Waals surface area (Å²) in [6, 6.07) is 7.59. The molecule has 1 aromatic carbocycles. The van der Waals surface area contributed by atoms with Crippen molar-refractivity contribution in [2.45, 2.75) is 32.9 Å². The quantitative estimate of drug-likeness (QED) is 0.738. The molecule has 3 N–H and O–H groups in total. The molecule has 0 aromatic heterocycles. The van der Waals surface area contributed by atoms with Crippen LogP contribution >= 0.6 is 0 Å². The number of carbonyl (C=O) groups is 2. The summed E-state index contributed by atoms with van der Waals surface area (Å²) in [4.78, 5) is 23.5. The van der Waals surface area contributed by atoms with E-state index in [1.807, 2.05) is 38.1 Å². The molecule has 1 unspecified atom stereocenters. The zero-order chi connectivity index (χ0) is 16.7.